The molecule has 8 heteroatoms. The number of ether oxygens (including phenoxy) is 1. The molecule has 0 bridgehead atoms. The molecule has 1 aromatic heterocycles. The van der Waals surface area contributed by atoms with Crippen molar-refractivity contribution in [2.24, 2.45) is 5.73 Å². The van der Waals surface area contributed by atoms with E-state index >= 15 is 0 Å². The zero-order valence-electron chi connectivity index (χ0n) is 11.9. The van der Waals surface area contributed by atoms with Gasteiger partial charge in [-0.3, -0.25) is 15.3 Å². The van der Waals surface area contributed by atoms with Crippen LogP contribution in [0.25, 0.3) is 11.0 Å². The zero-order chi connectivity index (χ0) is 16.3. The minimum atomic E-state index is -0.962. The largest absolute Gasteiger partial charge is 0.460 e. The number of carbonyl (C=O) groups excluding carboxylic acids is 3. The molecule has 1 heterocycles. The second-order valence-electron chi connectivity index (χ2n) is 4.43. The lowest BCUT2D eigenvalue weighted by Gasteiger charge is -2.08. The van der Waals surface area contributed by atoms with Gasteiger partial charge in [-0.05, 0) is 19.1 Å². The fourth-order valence-electron chi connectivity index (χ4n) is 1.99. The Morgan fingerprint density at radius 2 is 1.95 bits per heavy atom. The highest BCUT2D eigenvalue weighted by molar-refractivity contribution is 6.33. The van der Waals surface area contributed by atoms with Gasteiger partial charge in [0, 0.05) is 0 Å². The summed E-state index contributed by atoms with van der Waals surface area (Å²) in [6.45, 7) is 1.32. The Labute approximate surface area is 125 Å². The molecule has 0 unspecified atom stereocenters. The zero-order valence-corrected chi connectivity index (χ0v) is 11.9. The second kappa shape index (κ2) is 6.17. The highest BCUT2D eigenvalue weighted by Gasteiger charge is 2.26. The Kier molecular flexibility index (Phi) is 4.31. The minimum absolute atomic E-state index is 0.0798. The lowest BCUT2D eigenvalue weighted by molar-refractivity contribution is -0.643. The number of benzene rings is 1. The number of carbonyl (C=O) groups is 3. The number of fused-ring (bicyclic) bond motifs is 1. The van der Waals surface area contributed by atoms with E-state index in [0.717, 1.165) is 0 Å². The molecule has 1 amide bonds. The number of esters is 1. The number of rotatable bonds is 5. The summed E-state index contributed by atoms with van der Waals surface area (Å²) in [4.78, 5) is 38.9. The summed E-state index contributed by atoms with van der Waals surface area (Å²) in [5.74, 6) is -2.65. The predicted octanol–water partition coefficient (Wildman–Crippen LogP) is -0.664. The van der Waals surface area contributed by atoms with E-state index in [-0.39, 0.29) is 24.7 Å². The average Bonchev–Trinajstić information content (AvgIpc) is 2.49. The lowest BCUT2D eigenvalue weighted by atomic mass is 10.2. The van der Waals surface area contributed by atoms with Crippen LogP contribution in [0.1, 0.15) is 17.4 Å². The Balaban J connectivity index is 2.55. The molecule has 0 saturated carbocycles. The number of aromatic nitrogens is 2. The topological polar surface area (TPSA) is 129 Å². The van der Waals surface area contributed by atoms with Gasteiger partial charge in [-0.25, -0.2) is 14.3 Å². The molecule has 0 aliphatic heterocycles. The monoisotopic (exact) mass is 303 g/mol. The molecular weight excluding hydrogens is 288 g/mol. The standard InChI is InChI=1S/C14H14N4O4/c1-2-22-14(21)10(19)7-18-9-6-4-3-5-8(9)17-11(12(18)15)13(16)20/h3-6,15H,2,7H2,1H3,(H2,16,20)/p+1. The molecule has 2 aromatic rings. The van der Waals surface area contributed by atoms with E-state index in [1.54, 1.807) is 31.2 Å². The summed E-state index contributed by atoms with van der Waals surface area (Å²) in [5, 5.41) is 0. The van der Waals surface area contributed by atoms with Crippen molar-refractivity contribution in [1.82, 2.24) is 4.98 Å². The number of Topliss-reactive ketones (excluding diaryl/α,β-unsaturated/α-hetero) is 1. The number of para-hydroxylation sites is 2. The SMILES string of the molecule is CCOC(=O)C(=O)C[n+]1c(N)c(C(N)=O)nc2ccccc21. The van der Waals surface area contributed by atoms with Gasteiger partial charge in [-0.1, -0.05) is 12.1 Å². The third kappa shape index (κ3) is 2.85. The molecule has 2 rings (SSSR count). The van der Waals surface area contributed by atoms with Crippen molar-refractivity contribution >= 4 is 34.5 Å². The highest BCUT2D eigenvalue weighted by Crippen LogP contribution is 2.12. The van der Waals surface area contributed by atoms with Gasteiger partial charge in [0.15, 0.2) is 12.1 Å². The molecule has 0 saturated heterocycles. The van der Waals surface area contributed by atoms with Gasteiger partial charge in [0.25, 0.3) is 11.7 Å². The number of hydrogen-bond donors (Lipinski definition) is 2. The summed E-state index contributed by atoms with van der Waals surface area (Å²) in [7, 11) is 0. The van der Waals surface area contributed by atoms with Crippen LogP contribution in [0.15, 0.2) is 24.3 Å². The Morgan fingerprint density at radius 1 is 1.27 bits per heavy atom. The first kappa shape index (κ1) is 15.4. The van der Waals surface area contributed by atoms with Crippen LogP contribution in [0.3, 0.4) is 0 Å². The van der Waals surface area contributed by atoms with Crippen LogP contribution in [0.2, 0.25) is 0 Å². The quantitative estimate of drug-likeness (QED) is 0.428. The van der Waals surface area contributed by atoms with E-state index in [1.807, 2.05) is 0 Å². The number of ketones is 1. The van der Waals surface area contributed by atoms with E-state index in [4.69, 9.17) is 11.5 Å². The Hall–Kier alpha value is -3.03. The number of anilines is 1. The number of nitrogens with zero attached hydrogens (tertiary/aromatic N) is 2. The summed E-state index contributed by atoms with van der Waals surface area (Å²) in [6, 6.07) is 6.75. The molecule has 1 aromatic carbocycles. The molecule has 0 aliphatic rings. The smallest absolute Gasteiger partial charge is 0.378 e. The summed E-state index contributed by atoms with van der Waals surface area (Å²) < 4.78 is 5.98. The number of amides is 1. The second-order valence-corrected chi connectivity index (χ2v) is 4.43. The normalized spacial score (nSPS) is 10.4. The van der Waals surface area contributed by atoms with Crippen molar-refractivity contribution in [2.45, 2.75) is 13.5 Å². The van der Waals surface area contributed by atoms with Gasteiger partial charge in [0.05, 0.1) is 6.61 Å². The van der Waals surface area contributed by atoms with Crippen molar-refractivity contribution < 1.29 is 23.7 Å². The summed E-state index contributed by atoms with van der Waals surface area (Å²) in [6.07, 6.45) is 0. The average molecular weight is 303 g/mol. The van der Waals surface area contributed by atoms with Crippen LogP contribution in [0.4, 0.5) is 5.82 Å². The van der Waals surface area contributed by atoms with Gasteiger partial charge in [0.1, 0.15) is 5.52 Å². The first-order valence-electron chi connectivity index (χ1n) is 6.53. The molecule has 8 nitrogen and oxygen atoms in total. The fraction of sp³-hybridized carbons (Fsp3) is 0.214. The molecule has 4 N–H and O–H groups in total. The molecule has 0 atom stereocenters. The van der Waals surface area contributed by atoms with Crippen molar-refractivity contribution in [3.8, 4) is 0 Å². The number of nitrogen functional groups attached to an aromatic ring is 1. The Bertz CT molecular complexity index is 773. The summed E-state index contributed by atoms with van der Waals surface area (Å²) in [5.41, 5.74) is 11.9. The molecule has 114 valence electrons. The first-order valence-corrected chi connectivity index (χ1v) is 6.53. The van der Waals surface area contributed by atoms with Gasteiger partial charge >= 0.3 is 11.8 Å². The van der Waals surface area contributed by atoms with Crippen LogP contribution < -0.4 is 16.0 Å². The predicted molar refractivity (Wildman–Crippen MR) is 76.5 cm³/mol. The third-order valence-electron chi connectivity index (χ3n) is 2.98. The maximum Gasteiger partial charge on any atom is 0.378 e. The minimum Gasteiger partial charge on any atom is -0.460 e. The van der Waals surface area contributed by atoms with E-state index in [1.165, 1.54) is 4.57 Å². The van der Waals surface area contributed by atoms with E-state index < -0.39 is 17.7 Å². The van der Waals surface area contributed by atoms with Crippen molar-refractivity contribution in [2.75, 3.05) is 12.3 Å². The third-order valence-corrected chi connectivity index (χ3v) is 2.98. The van der Waals surface area contributed by atoms with Crippen LogP contribution in [0, 0.1) is 0 Å². The van der Waals surface area contributed by atoms with Gasteiger partial charge in [-0.15, -0.1) is 0 Å². The molecule has 0 fully saturated rings. The lowest BCUT2D eigenvalue weighted by Crippen LogP contribution is -2.45. The van der Waals surface area contributed by atoms with Crippen molar-refractivity contribution in [3.63, 3.8) is 0 Å². The van der Waals surface area contributed by atoms with Gasteiger partial charge < -0.3 is 10.5 Å². The maximum absolute atomic E-state index is 11.9. The van der Waals surface area contributed by atoms with Crippen molar-refractivity contribution in [3.05, 3.63) is 30.0 Å². The fourth-order valence-corrected chi connectivity index (χ4v) is 1.99. The Morgan fingerprint density at radius 3 is 2.59 bits per heavy atom. The van der Waals surface area contributed by atoms with Crippen molar-refractivity contribution in [1.29, 1.82) is 0 Å². The first-order chi connectivity index (χ1) is 10.5. The molecule has 0 radical (unpaired) electrons. The molecule has 22 heavy (non-hydrogen) atoms. The van der Waals surface area contributed by atoms with E-state index in [2.05, 4.69) is 9.72 Å². The number of primary amides is 1. The van der Waals surface area contributed by atoms with Crippen LogP contribution in [-0.2, 0) is 20.9 Å². The van der Waals surface area contributed by atoms with E-state index in [0.29, 0.717) is 11.0 Å². The van der Waals surface area contributed by atoms with Crippen LogP contribution in [0.5, 0.6) is 0 Å². The number of nitrogens with two attached hydrogens (primary N) is 2. The van der Waals surface area contributed by atoms with Crippen LogP contribution >= 0.6 is 0 Å². The molecule has 0 spiro atoms. The van der Waals surface area contributed by atoms with Gasteiger partial charge in [-0.2, -0.15) is 0 Å². The molecule has 0 aliphatic carbocycles. The van der Waals surface area contributed by atoms with Crippen LogP contribution in [-0.4, -0.2) is 29.3 Å². The summed E-state index contributed by atoms with van der Waals surface area (Å²) >= 11 is 0. The highest BCUT2D eigenvalue weighted by atomic mass is 16.5. The molecular formula is C14H15N4O4+. The van der Waals surface area contributed by atoms with E-state index in [9.17, 15) is 14.4 Å². The maximum atomic E-state index is 11.9. The van der Waals surface area contributed by atoms with Gasteiger partial charge in [0.2, 0.25) is 5.69 Å². The number of hydrogen-bond acceptors (Lipinski definition) is 6.